The number of non-ortho nitro benzene ring substituents is 1. The number of carbonyl (C=O) groups excluding carboxylic acids is 1. The lowest BCUT2D eigenvalue weighted by atomic mass is 10.2. The number of nitrogens with one attached hydrogen (secondary N) is 1. The van der Waals surface area contributed by atoms with E-state index >= 15 is 0 Å². The van der Waals surface area contributed by atoms with Crippen molar-refractivity contribution in [3.05, 3.63) is 56.1 Å². The van der Waals surface area contributed by atoms with Gasteiger partial charge in [0.1, 0.15) is 6.54 Å². The molecule has 0 spiro atoms. The first-order chi connectivity index (χ1) is 9.90. The Morgan fingerprint density at radius 1 is 1.52 bits per heavy atom. The Morgan fingerprint density at radius 3 is 2.81 bits per heavy atom. The zero-order valence-electron chi connectivity index (χ0n) is 11.4. The summed E-state index contributed by atoms with van der Waals surface area (Å²) in [5, 5.41) is 13.1. The molecule has 0 radical (unpaired) electrons. The second kappa shape index (κ2) is 5.57. The number of carbonyl (C=O) groups is 1. The fourth-order valence-electron chi connectivity index (χ4n) is 1.80. The first-order valence-corrected chi connectivity index (χ1v) is 5.96. The maximum atomic E-state index is 12.2. The molecule has 0 atom stereocenters. The van der Waals surface area contributed by atoms with Crippen molar-refractivity contribution in [2.24, 2.45) is 7.05 Å². The smallest absolute Gasteiger partial charge is 0.331 e. The van der Waals surface area contributed by atoms with E-state index in [9.17, 15) is 19.7 Å². The van der Waals surface area contributed by atoms with Gasteiger partial charge < -0.3 is 4.90 Å². The standard InChI is InChI=1S/C12H12N4O5/c1-14(7-10-12(18)21-13-15(10)2)11(17)8-4-3-5-9(6-8)16(19)20/h3-6H,7H2,1-2H3/p+1. The fraction of sp³-hybridized carbons (Fsp3) is 0.250. The number of aryl methyl sites for hydroxylation is 1. The van der Waals surface area contributed by atoms with Crippen molar-refractivity contribution in [1.82, 2.24) is 10.2 Å². The number of hydrogen-bond donors (Lipinski definition) is 1. The molecule has 9 heteroatoms. The Bertz CT molecular complexity index is 748. The van der Waals surface area contributed by atoms with Gasteiger partial charge in [0.05, 0.1) is 4.92 Å². The molecule has 1 amide bonds. The van der Waals surface area contributed by atoms with Gasteiger partial charge in [-0.05, 0) is 11.3 Å². The molecule has 1 N–H and O–H groups in total. The molecule has 21 heavy (non-hydrogen) atoms. The number of aromatic nitrogens is 2. The molecule has 0 unspecified atom stereocenters. The number of benzene rings is 1. The molecule has 2 rings (SSSR count). The average molecular weight is 293 g/mol. The highest BCUT2D eigenvalue weighted by atomic mass is 16.6. The third-order valence-corrected chi connectivity index (χ3v) is 2.95. The molecular formula is C12H13N4O5+. The normalized spacial score (nSPS) is 10.4. The SMILES string of the molecule is CN(Cc1c(=O)o[nH][n+]1C)C(=O)c1cccc([N+](=O)[O-])c1. The molecule has 0 aliphatic rings. The Morgan fingerprint density at radius 2 is 2.24 bits per heavy atom. The number of amides is 1. The summed E-state index contributed by atoms with van der Waals surface area (Å²) < 4.78 is 5.95. The molecule has 0 aliphatic heterocycles. The highest BCUT2D eigenvalue weighted by Crippen LogP contribution is 2.14. The van der Waals surface area contributed by atoms with Crippen LogP contribution in [0.2, 0.25) is 0 Å². The number of nitrogens with zero attached hydrogens (tertiary/aromatic N) is 3. The Balaban J connectivity index is 2.22. The van der Waals surface area contributed by atoms with E-state index in [-0.39, 0.29) is 23.5 Å². The summed E-state index contributed by atoms with van der Waals surface area (Å²) >= 11 is 0. The van der Waals surface area contributed by atoms with E-state index in [0.29, 0.717) is 0 Å². The highest BCUT2D eigenvalue weighted by Gasteiger charge is 2.23. The Labute approximate surface area is 118 Å². The molecule has 1 aromatic heterocycles. The van der Waals surface area contributed by atoms with E-state index in [1.165, 1.54) is 40.9 Å². The van der Waals surface area contributed by atoms with Crippen molar-refractivity contribution in [2.75, 3.05) is 7.05 Å². The Hall–Kier alpha value is -2.97. The van der Waals surface area contributed by atoms with Crippen LogP contribution in [0.25, 0.3) is 0 Å². The van der Waals surface area contributed by atoms with Gasteiger partial charge in [-0.15, -0.1) is 0 Å². The van der Waals surface area contributed by atoms with Gasteiger partial charge in [-0.1, -0.05) is 10.7 Å². The summed E-state index contributed by atoms with van der Waals surface area (Å²) in [4.78, 5) is 35.1. The molecule has 2 aromatic rings. The lowest BCUT2D eigenvalue weighted by Crippen LogP contribution is -2.40. The maximum Gasteiger partial charge on any atom is 0.431 e. The molecule has 9 nitrogen and oxygen atoms in total. The van der Waals surface area contributed by atoms with Crippen LogP contribution in [0.15, 0.2) is 33.6 Å². The number of hydrogen-bond acceptors (Lipinski definition) is 5. The molecular weight excluding hydrogens is 280 g/mol. The van der Waals surface area contributed by atoms with Crippen LogP contribution >= 0.6 is 0 Å². The molecule has 0 fully saturated rings. The van der Waals surface area contributed by atoms with E-state index in [2.05, 4.69) is 9.79 Å². The minimum absolute atomic E-state index is 0.0177. The van der Waals surface area contributed by atoms with Crippen molar-refractivity contribution in [1.29, 1.82) is 0 Å². The van der Waals surface area contributed by atoms with Gasteiger partial charge in [0.25, 0.3) is 11.6 Å². The summed E-state index contributed by atoms with van der Waals surface area (Å²) in [7, 11) is 3.07. The summed E-state index contributed by atoms with van der Waals surface area (Å²) in [6.45, 7) is 0.0177. The first-order valence-electron chi connectivity index (χ1n) is 5.96. The third-order valence-electron chi connectivity index (χ3n) is 2.95. The van der Waals surface area contributed by atoms with Crippen LogP contribution in [0.1, 0.15) is 16.1 Å². The molecule has 0 saturated heterocycles. The van der Waals surface area contributed by atoms with Gasteiger partial charge in [0.2, 0.25) is 0 Å². The predicted octanol–water partition coefficient (Wildman–Crippen LogP) is -0.0272. The van der Waals surface area contributed by atoms with Crippen LogP contribution in [-0.4, -0.2) is 28.0 Å². The van der Waals surface area contributed by atoms with E-state index in [4.69, 9.17) is 0 Å². The van der Waals surface area contributed by atoms with E-state index in [0.717, 1.165) is 0 Å². The number of H-pyrrole nitrogens is 1. The van der Waals surface area contributed by atoms with Gasteiger partial charge in [-0.2, -0.15) is 0 Å². The molecule has 110 valence electrons. The van der Waals surface area contributed by atoms with Crippen LogP contribution in [0.5, 0.6) is 0 Å². The van der Waals surface area contributed by atoms with Crippen LogP contribution in [0.4, 0.5) is 5.69 Å². The highest BCUT2D eigenvalue weighted by molar-refractivity contribution is 5.94. The van der Waals surface area contributed by atoms with Crippen molar-refractivity contribution in [3.8, 4) is 0 Å². The quantitative estimate of drug-likeness (QED) is 0.483. The zero-order valence-corrected chi connectivity index (χ0v) is 11.4. The summed E-state index contributed by atoms with van der Waals surface area (Å²) in [6.07, 6.45) is 0. The monoisotopic (exact) mass is 293 g/mol. The third kappa shape index (κ3) is 2.96. The van der Waals surface area contributed by atoms with Crippen LogP contribution in [0, 0.1) is 10.1 Å². The largest absolute Gasteiger partial charge is 0.431 e. The molecule has 1 aromatic carbocycles. The number of nitro benzene ring substituents is 1. The average Bonchev–Trinajstić information content (AvgIpc) is 2.78. The number of rotatable bonds is 4. The molecule has 0 bridgehead atoms. The van der Waals surface area contributed by atoms with Gasteiger partial charge in [0.15, 0.2) is 7.05 Å². The lowest BCUT2D eigenvalue weighted by Gasteiger charge is -2.13. The first kappa shape index (κ1) is 14.4. The second-order valence-corrected chi connectivity index (χ2v) is 4.46. The number of nitro groups is 1. The summed E-state index contributed by atoms with van der Waals surface area (Å²) in [6, 6.07) is 5.41. The Kier molecular flexibility index (Phi) is 3.83. The summed E-state index contributed by atoms with van der Waals surface area (Å²) in [5.74, 6) is -0.431. The van der Waals surface area contributed by atoms with E-state index in [1.54, 1.807) is 7.05 Å². The van der Waals surface area contributed by atoms with Crippen LogP contribution in [-0.2, 0) is 13.6 Å². The van der Waals surface area contributed by atoms with Gasteiger partial charge in [0, 0.05) is 24.7 Å². The van der Waals surface area contributed by atoms with Gasteiger partial charge >= 0.3 is 11.3 Å². The van der Waals surface area contributed by atoms with E-state index < -0.39 is 16.5 Å². The molecule has 0 aliphatic carbocycles. The maximum absolute atomic E-state index is 12.2. The van der Waals surface area contributed by atoms with E-state index in [1.807, 2.05) is 0 Å². The minimum atomic E-state index is -0.573. The van der Waals surface area contributed by atoms with Crippen molar-refractivity contribution >= 4 is 11.6 Å². The van der Waals surface area contributed by atoms with Crippen LogP contribution < -0.4 is 10.3 Å². The second-order valence-electron chi connectivity index (χ2n) is 4.46. The van der Waals surface area contributed by atoms with Crippen LogP contribution in [0.3, 0.4) is 0 Å². The molecule has 1 heterocycles. The lowest BCUT2D eigenvalue weighted by molar-refractivity contribution is -0.746. The van der Waals surface area contributed by atoms with Gasteiger partial charge in [-0.3, -0.25) is 19.4 Å². The summed E-state index contributed by atoms with van der Waals surface area (Å²) in [5.41, 5.74) is -0.303. The fourth-order valence-corrected chi connectivity index (χ4v) is 1.80. The zero-order chi connectivity index (χ0) is 15.6. The number of aromatic amines is 1. The molecule has 0 saturated carbocycles. The van der Waals surface area contributed by atoms with Crippen molar-refractivity contribution in [2.45, 2.75) is 6.54 Å². The van der Waals surface area contributed by atoms with Gasteiger partial charge in [-0.25, -0.2) is 4.79 Å². The van der Waals surface area contributed by atoms with Crippen molar-refractivity contribution < 1.29 is 18.9 Å². The minimum Gasteiger partial charge on any atom is -0.331 e. The van der Waals surface area contributed by atoms with Crippen molar-refractivity contribution in [3.63, 3.8) is 0 Å². The predicted molar refractivity (Wildman–Crippen MR) is 69.4 cm³/mol. The topological polar surface area (TPSA) is 113 Å².